The van der Waals surface area contributed by atoms with Crippen molar-refractivity contribution in [2.75, 3.05) is 11.9 Å². The van der Waals surface area contributed by atoms with Gasteiger partial charge in [0.1, 0.15) is 0 Å². The summed E-state index contributed by atoms with van der Waals surface area (Å²) in [6.07, 6.45) is 3.60. The van der Waals surface area contributed by atoms with E-state index in [0.717, 1.165) is 33.9 Å². The zero-order valence-electron chi connectivity index (χ0n) is 18.0. The number of anilines is 2. The second-order valence-electron chi connectivity index (χ2n) is 7.87. The first kappa shape index (κ1) is 19.7. The third-order valence-electron chi connectivity index (χ3n) is 5.78. The van der Waals surface area contributed by atoms with Crippen molar-refractivity contribution in [3.05, 3.63) is 103 Å². The Balaban J connectivity index is 1.49. The molecular formula is C28H20N4S. The Morgan fingerprint density at radius 2 is 1.21 bits per heavy atom. The molecule has 0 amide bonds. The molecule has 0 saturated heterocycles. The van der Waals surface area contributed by atoms with E-state index < -0.39 is 0 Å². The van der Waals surface area contributed by atoms with Crippen LogP contribution in [0.1, 0.15) is 0 Å². The molecule has 5 heteroatoms. The molecule has 3 aromatic heterocycles. The molecule has 1 aliphatic rings. The van der Waals surface area contributed by atoms with E-state index in [-0.39, 0.29) is 0 Å². The van der Waals surface area contributed by atoms with Crippen LogP contribution in [0.3, 0.4) is 0 Å². The van der Waals surface area contributed by atoms with Crippen LogP contribution in [0.25, 0.3) is 33.9 Å². The van der Waals surface area contributed by atoms with Crippen LogP contribution < -0.4 is 4.90 Å². The lowest BCUT2D eigenvalue weighted by atomic mass is 10.0. The van der Waals surface area contributed by atoms with E-state index in [1.807, 2.05) is 48.2 Å². The number of hydrogen-bond acceptors (Lipinski definition) is 5. The first-order chi connectivity index (χ1) is 16.3. The van der Waals surface area contributed by atoms with Gasteiger partial charge in [0.15, 0.2) is 0 Å². The van der Waals surface area contributed by atoms with Crippen molar-refractivity contribution in [3.63, 3.8) is 0 Å². The average Bonchev–Trinajstić information content (AvgIpc) is 2.89. The van der Waals surface area contributed by atoms with Gasteiger partial charge in [-0.05, 0) is 71.8 Å². The standard InChI is InChI=1S/C28H20N4S/c1-32-25-10-2-3-11-27(25)33-28-18-19(12-13-26(28)32)20-16-23(21-8-4-6-14-29-21)31-24(17-20)22-9-5-7-15-30-22/h2-18H,1H3. The summed E-state index contributed by atoms with van der Waals surface area (Å²) in [5, 5.41) is 0. The van der Waals surface area contributed by atoms with E-state index in [1.54, 1.807) is 12.4 Å². The fraction of sp³-hybridized carbons (Fsp3) is 0.0357. The molecule has 0 saturated carbocycles. The predicted molar refractivity (Wildman–Crippen MR) is 135 cm³/mol. The van der Waals surface area contributed by atoms with Crippen LogP contribution >= 0.6 is 11.8 Å². The van der Waals surface area contributed by atoms with Gasteiger partial charge in [-0.3, -0.25) is 9.97 Å². The molecule has 0 N–H and O–H groups in total. The Bertz CT molecular complexity index is 1390. The van der Waals surface area contributed by atoms with Crippen molar-refractivity contribution in [1.82, 2.24) is 15.0 Å². The number of pyridine rings is 3. The van der Waals surface area contributed by atoms with E-state index in [0.29, 0.717) is 0 Å². The highest BCUT2D eigenvalue weighted by Crippen LogP contribution is 2.48. The van der Waals surface area contributed by atoms with Crippen LogP contribution in [0.2, 0.25) is 0 Å². The molecule has 0 aliphatic carbocycles. The first-order valence-corrected chi connectivity index (χ1v) is 11.6. The number of aromatic nitrogens is 3. The van der Waals surface area contributed by atoms with Crippen LogP contribution in [0.4, 0.5) is 11.4 Å². The quantitative estimate of drug-likeness (QED) is 0.297. The lowest BCUT2D eigenvalue weighted by Crippen LogP contribution is -2.14. The predicted octanol–water partition coefficient (Wildman–Crippen LogP) is 7.11. The summed E-state index contributed by atoms with van der Waals surface area (Å²) in [5.41, 5.74) is 8.05. The van der Waals surface area contributed by atoms with Crippen molar-refractivity contribution in [1.29, 1.82) is 0 Å². The number of fused-ring (bicyclic) bond motifs is 2. The summed E-state index contributed by atoms with van der Waals surface area (Å²) < 4.78 is 0. The van der Waals surface area contributed by atoms with Crippen LogP contribution in [0.5, 0.6) is 0 Å². The highest BCUT2D eigenvalue weighted by atomic mass is 32.2. The van der Waals surface area contributed by atoms with Gasteiger partial charge in [0.05, 0.1) is 34.2 Å². The van der Waals surface area contributed by atoms with Gasteiger partial charge in [0.25, 0.3) is 0 Å². The van der Waals surface area contributed by atoms with Gasteiger partial charge < -0.3 is 4.90 Å². The highest BCUT2D eigenvalue weighted by Gasteiger charge is 2.21. The number of rotatable bonds is 3. The van der Waals surface area contributed by atoms with Gasteiger partial charge in [-0.25, -0.2) is 4.98 Å². The van der Waals surface area contributed by atoms with E-state index >= 15 is 0 Å². The molecule has 0 atom stereocenters. The minimum Gasteiger partial charge on any atom is -0.343 e. The molecule has 4 heterocycles. The summed E-state index contributed by atoms with van der Waals surface area (Å²) >= 11 is 1.81. The lowest BCUT2D eigenvalue weighted by Gasteiger charge is -2.29. The molecular weight excluding hydrogens is 424 g/mol. The minimum atomic E-state index is 0.835. The minimum absolute atomic E-state index is 0.835. The lowest BCUT2D eigenvalue weighted by molar-refractivity contribution is 1.11. The number of para-hydroxylation sites is 1. The van der Waals surface area contributed by atoms with Gasteiger partial charge in [0.2, 0.25) is 0 Å². The molecule has 0 unspecified atom stereocenters. The molecule has 1 aliphatic heterocycles. The molecule has 5 aromatic rings. The zero-order valence-corrected chi connectivity index (χ0v) is 18.8. The Labute approximate surface area is 197 Å². The highest BCUT2D eigenvalue weighted by molar-refractivity contribution is 7.99. The first-order valence-electron chi connectivity index (χ1n) is 10.8. The SMILES string of the molecule is CN1c2ccccc2Sc2cc(-c3cc(-c4ccccn4)nc(-c4ccccn4)c3)ccc21. The largest absolute Gasteiger partial charge is 0.343 e. The van der Waals surface area contributed by atoms with Crippen molar-refractivity contribution < 1.29 is 0 Å². The molecule has 0 radical (unpaired) electrons. The third kappa shape index (κ3) is 3.66. The Kier molecular flexibility index (Phi) is 4.89. The molecule has 4 nitrogen and oxygen atoms in total. The maximum atomic E-state index is 4.89. The molecule has 0 fully saturated rings. The third-order valence-corrected chi connectivity index (χ3v) is 6.89. The van der Waals surface area contributed by atoms with Crippen molar-refractivity contribution in [2.45, 2.75) is 9.79 Å². The summed E-state index contributed by atoms with van der Waals surface area (Å²) in [7, 11) is 2.13. The van der Waals surface area contributed by atoms with E-state index in [1.165, 1.54) is 21.2 Å². The fourth-order valence-electron chi connectivity index (χ4n) is 4.11. The van der Waals surface area contributed by atoms with E-state index in [9.17, 15) is 0 Å². The van der Waals surface area contributed by atoms with Gasteiger partial charge in [-0.15, -0.1) is 0 Å². The smallest absolute Gasteiger partial charge is 0.0900 e. The molecule has 6 rings (SSSR count). The fourth-order valence-corrected chi connectivity index (χ4v) is 5.30. The van der Waals surface area contributed by atoms with Crippen molar-refractivity contribution in [3.8, 4) is 33.9 Å². The van der Waals surface area contributed by atoms with Crippen molar-refractivity contribution >= 4 is 23.1 Å². The molecule has 0 bridgehead atoms. The Morgan fingerprint density at radius 3 is 1.88 bits per heavy atom. The summed E-state index contributed by atoms with van der Waals surface area (Å²) in [4.78, 5) is 18.7. The van der Waals surface area contributed by atoms with Gasteiger partial charge in [-0.1, -0.05) is 42.1 Å². The van der Waals surface area contributed by atoms with E-state index in [4.69, 9.17) is 4.98 Å². The molecule has 2 aromatic carbocycles. The van der Waals surface area contributed by atoms with Crippen LogP contribution in [0.15, 0.2) is 113 Å². The Morgan fingerprint density at radius 1 is 0.576 bits per heavy atom. The Hall–Kier alpha value is -3.96. The summed E-state index contributed by atoms with van der Waals surface area (Å²) in [6.45, 7) is 0. The summed E-state index contributed by atoms with van der Waals surface area (Å²) in [5.74, 6) is 0. The topological polar surface area (TPSA) is 41.9 Å². The van der Waals surface area contributed by atoms with Crippen LogP contribution in [-0.4, -0.2) is 22.0 Å². The van der Waals surface area contributed by atoms with Crippen LogP contribution in [-0.2, 0) is 0 Å². The maximum Gasteiger partial charge on any atom is 0.0900 e. The average molecular weight is 445 g/mol. The molecule has 33 heavy (non-hydrogen) atoms. The van der Waals surface area contributed by atoms with Gasteiger partial charge in [0, 0.05) is 29.2 Å². The van der Waals surface area contributed by atoms with Crippen molar-refractivity contribution in [2.24, 2.45) is 0 Å². The number of nitrogens with zero attached hydrogens (tertiary/aromatic N) is 4. The second-order valence-corrected chi connectivity index (χ2v) is 8.95. The number of benzene rings is 2. The van der Waals surface area contributed by atoms with E-state index in [2.05, 4.69) is 76.5 Å². The maximum absolute atomic E-state index is 4.89. The molecule has 158 valence electrons. The van der Waals surface area contributed by atoms with Gasteiger partial charge in [-0.2, -0.15) is 0 Å². The zero-order chi connectivity index (χ0) is 22.2. The second kappa shape index (κ2) is 8.19. The van der Waals surface area contributed by atoms with Crippen LogP contribution in [0, 0.1) is 0 Å². The monoisotopic (exact) mass is 444 g/mol. The number of hydrogen-bond donors (Lipinski definition) is 0. The molecule has 0 spiro atoms. The summed E-state index contributed by atoms with van der Waals surface area (Å²) in [6, 6.07) is 31.2. The normalized spacial score (nSPS) is 12.2. The van der Waals surface area contributed by atoms with Gasteiger partial charge >= 0.3 is 0 Å².